The van der Waals surface area contributed by atoms with E-state index in [-0.39, 0.29) is 0 Å². The highest BCUT2D eigenvalue weighted by Crippen LogP contribution is 2.42. The number of anilines is 2. The molecule has 58 valence electrons. The second-order valence-electron chi connectivity index (χ2n) is 2.23. The molecule has 2 bridgehead atoms. The van der Waals surface area contributed by atoms with Crippen LogP contribution in [0.15, 0.2) is 6.07 Å². The van der Waals surface area contributed by atoms with Crippen molar-refractivity contribution >= 4 is 11.4 Å². The predicted molar refractivity (Wildman–Crippen MR) is 40.6 cm³/mol. The number of pyridine rings is 1. The van der Waals surface area contributed by atoms with Gasteiger partial charge in [0.25, 0.3) is 0 Å². The highest BCUT2D eigenvalue weighted by molar-refractivity contribution is 5.82. The van der Waals surface area contributed by atoms with Crippen LogP contribution < -0.4 is 14.8 Å². The first-order valence-corrected chi connectivity index (χ1v) is 3.25. The third kappa shape index (κ3) is 0.721. The molecule has 0 spiro atoms. The number of fused-ring (bicyclic) bond motifs is 2. The monoisotopic (exact) mass is 152 g/mol. The Morgan fingerprint density at radius 1 is 1.18 bits per heavy atom. The maximum atomic E-state index is 4.98. The topological polar surface area (TPSA) is 43.4 Å². The largest absolute Gasteiger partial charge is 0.479 e. The van der Waals surface area contributed by atoms with Gasteiger partial charge in [-0.05, 0) is 6.07 Å². The van der Waals surface area contributed by atoms with E-state index < -0.39 is 0 Å². The van der Waals surface area contributed by atoms with Crippen molar-refractivity contribution in [2.24, 2.45) is 0 Å². The van der Waals surface area contributed by atoms with Crippen molar-refractivity contribution in [1.82, 2.24) is 4.98 Å². The fourth-order valence-corrected chi connectivity index (χ4v) is 1.04. The summed E-state index contributed by atoms with van der Waals surface area (Å²) in [5, 5.41) is 3.04. The third-order valence-electron chi connectivity index (χ3n) is 1.61. The average Bonchev–Trinajstić information content (AvgIpc) is 2.01. The quantitative estimate of drug-likeness (QED) is 0.701. The number of nitrogens with zero attached hydrogens (tertiary/aromatic N) is 1. The first-order valence-electron chi connectivity index (χ1n) is 3.25. The normalized spacial score (nSPS) is 11.5. The molecule has 0 unspecified atom stereocenters. The van der Waals surface area contributed by atoms with E-state index >= 15 is 0 Å². The lowest BCUT2D eigenvalue weighted by molar-refractivity contribution is 0.364. The molecule has 4 nitrogen and oxygen atoms in total. The molecule has 1 aromatic rings. The minimum absolute atomic E-state index is 0.580. The minimum Gasteiger partial charge on any atom is -0.479 e. The van der Waals surface area contributed by atoms with Gasteiger partial charge in [-0.15, -0.1) is 0 Å². The molecular weight excluding hydrogens is 144 g/mol. The van der Waals surface area contributed by atoms with Gasteiger partial charge in [0.2, 0.25) is 11.8 Å². The Bertz CT molecular complexity index is 273. The van der Waals surface area contributed by atoms with Crippen LogP contribution in [0.2, 0.25) is 0 Å². The highest BCUT2D eigenvalue weighted by atomic mass is 16.5. The number of hydrogen-bond donors (Lipinski definition) is 1. The van der Waals surface area contributed by atoms with Crippen molar-refractivity contribution in [3.63, 3.8) is 0 Å². The van der Waals surface area contributed by atoms with E-state index in [0.29, 0.717) is 11.8 Å². The molecule has 1 aromatic heterocycles. The van der Waals surface area contributed by atoms with Crippen molar-refractivity contribution in [2.45, 2.75) is 0 Å². The zero-order chi connectivity index (χ0) is 7.84. The van der Waals surface area contributed by atoms with Crippen LogP contribution >= 0.6 is 0 Å². The predicted octanol–water partition coefficient (Wildman–Crippen LogP) is 1.16. The molecular formula is C7H8N2O2. The van der Waals surface area contributed by atoms with E-state index in [1.807, 2.05) is 6.07 Å². The lowest BCUT2D eigenvalue weighted by Crippen LogP contribution is -2.08. The Morgan fingerprint density at radius 2 is 1.64 bits per heavy atom. The molecule has 0 fully saturated rings. The summed E-state index contributed by atoms with van der Waals surface area (Å²) in [6.07, 6.45) is 0. The van der Waals surface area contributed by atoms with Crippen molar-refractivity contribution in [1.29, 1.82) is 0 Å². The summed E-state index contributed by atoms with van der Waals surface area (Å²) in [6, 6.07) is 1.94. The number of rotatable bonds is 2. The molecule has 0 amide bonds. The van der Waals surface area contributed by atoms with Gasteiger partial charge in [0.05, 0.1) is 14.2 Å². The Kier molecular flexibility index (Phi) is 1.15. The molecule has 11 heavy (non-hydrogen) atoms. The molecule has 3 heterocycles. The van der Waals surface area contributed by atoms with Gasteiger partial charge in [-0.2, -0.15) is 4.98 Å². The van der Waals surface area contributed by atoms with Crippen LogP contribution in [0.1, 0.15) is 0 Å². The Morgan fingerprint density at radius 3 is 2.00 bits per heavy atom. The summed E-state index contributed by atoms with van der Waals surface area (Å²) in [6.45, 7) is 0. The molecule has 3 rings (SSSR count). The van der Waals surface area contributed by atoms with Crippen LogP contribution in [0.5, 0.6) is 11.8 Å². The molecule has 0 saturated heterocycles. The number of hydrogen-bond acceptors (Lipinski definition) is 4. The first kappa shape index (κ1) is 6.27. The van der Waals surface area contributed by atoms with Crippen molar-refractivity contribution in [3.05, 3.63) is 6.07 Å². The second kappa shape index (κ2) is 2.02. The van der Waals surface area contributed by atoms with Crippen LogP contribution in [-0.2, 0) is 0 Å². The van der Waals surface area contributed by atoms with E-state index in [2.05, 4.69) is 10.3 Å². The van der Waals surface area contributed by atoms with Gasteiger partial charge in [0.15, 0.2) is 0 Å². The van der Waals surface area contributed by atoms with Crippen LogP contribution in [0.4, 0.5) is 11.4 Å². The van der Waals surface area contributed by atoms with Gasteiger partial charge in [-0.1, -0.05) is 0 Å². The lowest BCUT2D eigenvalue weighted by atomic mass is 10.2. The molecule has 0 radical (unpaired) electrons. The van der Waals surface area contributed by atoms with Crippen LogP contribution in [-0.4, -0.2) is 19.2 Å². The fraction of sp³-hybridized carbons (Fsp3) is 0.286. The average molecular weight is 152 g/mol. The van der Waals surface area contributed by atoms with Gasteiger partial charge in [-0.3, -0.25) is 0 Å². The maximum absolute atomic E-state index is 4.98. The summed E-state index contributed by atoms with van der Waals surface area (Å²) in [4.78, 5) is 4.07. The highest BCUT2D eigenvalue weighted by Gasteiger charge is 2.21. The zero-order valence-corrected chi connectivity index (χ0v) is 6.34. The molecule has 0 atom stereocenters. The third-order valence-corrected chi connectivity index (χ3v) is 1.61. The lowest BCUT2D eigenvalue weighted by Gasteiger charge is -2.21. The van der Waals surface area contributed by atoms with Gasteiger partial charge in [0.1, 0.15) is 11.4 Å². The minimum atomic E-state index is 0.580. The van der Waals surface area contributed by atoms with Crippen molar-refractivity contribution < 1.29 is 9.47 Å². The van der Waals surface area contributed by atoms with E-state index in [1.54, 1.807) is 14.2 Å². The van der Waals surface area contributed by atoms with Gasteiger partial charge >= 0.3 is 0 Å². The summed E-state index contributed by atoms with van der Waals surface area (Å²) < 4.78 is 9.96. The standard InChI is InChI=1S/C7H8N2O2/c1-10-6-4-3-5(8-4)7(9-6)11-2/h3,8H,1-2H3. The van der Waals surface area contributed by atoms with Crippen LogP contribution in [0.3, 0.4) is 0 Å². The van der Waals surface area contributed by atoms with E-state index in [4.69, 9.17) is 9.47 Å². The van der Waals surface area contributed by atoms with Crippen LogP contribution in [0, 0.1) is 0 Å². The summed E-state index contributed by atoms with van der Waals surface area (Å²) >= 11 is 0. The van der Waals surface area contributed by atoms with Crippen LogP contribution in [0.25, 0.3) is 0 Å². The molecule has 2 aliphatic heterocycles. The summed E-state index contributed by atoms with van der Waals surface area (Å²) in [7, 11) is 3.16. The van der Waals surface area contributed by atoms with Gasteiger partial charge in [0, 0.05) is 0 Å². The van der Waals surface area contributed by atoms with Gasteiger partial charge in [-0.25, -0.2) is 0 Å². The summed E-state index contributed by atoms with van der Waals surface area (Å²) in [5.74, 6) is 1.16. The molecule has 0 aliphatic carbocycles. The number of nitrogens with one attached hydrogen (secondary N) is 1. The van der Waals surface area contributed by atoms with E-state index in [1.165, 1.54) is 0 Å². The van der Waals surface area contributed by atoms with Crippen molar-refractivity contribution in [2.75, 3.05) is 19.5 Å². The Balaban J connectivity index is 2.47. The van der Waals surface area contributed by atoms with Crippen molar-refractivity contribution in [3.8, 4) is 11.8 Å². The molecule has 4 heteroatoms. The number of ether oxygens (including phenoxy) is 2. The SMILES string of the molecule is COc1nc(OC)c2cc1N2. The fourth-order valence-electron chi connectivity index (χ4n) is 1.04. The molecule has 2 aliphatic rings. The maximum Gasteiger partial charge on any atom is 0.240 e. The van der Waals surface area contributed by atoms with E-state index in [9.17, 15) is 0 Å². The Hall–Kier alpha value is -1.45. The molecule has 0 saturated carbocycles. The van der Waals surface area contributed by atoms with E-state index in [0.717, 1.165) is 11.4 Å². The zero-order valence-electron chi connectivity index (χ0n) is 6.34. The Labute approximate surface area is 64.2 Å². The first-order chi connectivity index (χ1) is 5.35. The molecule has 0 aromatic carbocycles. The summed E-state index contributed by atoms with van der Waals surface area (Å²) in [5.41, 5.74) is 1.84. The van der Waals surface area contributed by atoms with Gasteiger partial charge < -0.3 is 14.8 Å². The number of aromatic nitrogens is 1. The second-order valence-corrected chi connectivity index (χ2v) is 2.23. The number of methoxy groups -OCH3 is 2. The smallest absolute Gasteiger partial charge is 0.240 e. The molecule has 1 N–H and O–H groups in total.